The highest BCUT2D eigenvalue weighted by Gasteiger charge is 2.30. The number of ether oxygens (including phenoxy) is 2. The Labute approximate surface area is 129 Å². The lowest BCUT2D eigenvalue weighted by Crippen LogP contribution is -2.50. The average Bonchev–Trinajstić information content (AvgIpc) is 2.69. The molecule has 8 heteroatoms. The second kappa shape index (κ2) is 7.05. The number of halogens is 1. The van der Waals surface area contributed by atoms with Crippen LogP contribution < -0.4 is 10.1 Å². The summed E-state index contributed by atoms with van der Waals surface area (Å²) in [6, 6.07) is 1.60. The van der Waals surface area contributed by atoms with Crippen LogP contribution in [0.25, 0.3) is 0 Å². The van der Waals surface area contributed by atoms with E-state index in [1.165, 1.54) is 25.6 Å². The number of carbonyl (C=O) groups is 2. The predicted octanol–water partition coefficient (Wildman–Crippen LogP) is 2.13. The minimum atomic E-state index is -1.00. The highest BCUT2D eigenvalue weighted by atomic mass is 79.9. The molecule has 0 bridgehead atoms. The van der Waals surface area contributed by atoms with Gasteiger partial charge in [0.2, 0.25) is 0 Å². The zero-order valence-electron chi connectivity index (χ0n) is 11.4. The van der Waals surface area contributed by atoms with Crippen molar-refractivity contribution in [1.29, 1.82) is 0 Å². The summed E-state index contributed by atoms with van der Waals surface area (Å²) < 4.78 is 10.8. The first-order valence-corrected chi connectivity index (χ1v) is 7.29. The molecule has 20 heavy (non-hydrogen) atoms. The lowest BCUT2D eigenvalue weighted by molar-refractivity contribution is -0.139. The maximum absolute atomic E-state index is 12.2. The monoisotopic (exact) mass is 365 g/mol. The van der Waals surface area contributed by atoms with Crippen molar-refractivity contribution in [2.24, 2.45) is 0 Å². The second-order valence-corrected chi connectivity index (χ2v) is 6.84. The van der Waals surface area contributed by atoms with Crippen molar-refractivity contribution < 1.29 is 24.2 Å². The van der Waals surface area contributed by atoms with Gasteiger partial charge >= 0.3 is 5.97 Å². The molecule has 1 heterocycles. The van der Waals surface area contributed by atoms with Gasteiger partial charge in [0.1, 0.15) is 9.54 Å². The Hall–Kier alpha value is -1.12. The summed E-state index contributed by atoms with van der Waals surface area (Å²) in [7, 11) is 2.96. The lowest BCUT2D eigenvalue weighted by atomic mass is 9.99. The molecule has 0 aliphatic carbocycles. The first kappa shape index (κ1) is 16.9. The number of carboxylic acid groups (broad SMARTS) is 1. The van der Waals surface area contributed by atoms with Crippen LogP contribution in [0.1, 0.15) is 23.0 Å². The molecule has 1 aromatic heterocycles. The van der Waals surface area contributed by atoms with E-state index in [-0.39, 0.29) is 18.9 Å². The van der Waals surface area contributed by atoms with Gasteiger partial charge in [0.05, 0.1) is 30.6 Å². The second-order valence-electron chi connectivity index (χ2n) is 4.47. The summed E-state index contributed by atoms with van der Waals surface area (Å²) in [4.78, 5) is 23.5. The van der Waals surface area contributed by atoms with Crippen molar-refractivity contribution in [3.8, 4) is 5.75 Å². The normalized spacial score (nSPS) is 13.6. The van der Waals surface area contributed by atoms with Gasteiger partial charge in [0.15, 0.2) is 0 Å². The number of amides is 1. The van der Waals surface area contributed by atoms with E-state index in [4.69, 9.17) is 14.6 Å². The van der Waals surface area contributed by atoms with Crippen LogP contribution in [0.5, 0.6) is 5.75 Å². The highest BCUT2D eigenvalue weighted by molar-refractivity contribution is 9.11. The number of aliphatic carboxylic acids is 1. The van der Waals surface area contributed by atoms with Crippen LogP contribution >= 0.6 is 27.3 Å². The summed E-state index contributed by atoms with van der Waals surface area (Å²) in [5.41, 5.74) is -0.971. The average molecular weight is 366 g/mol. The Morgan fingerprint density at radius 1 is 1.50 bits per heavy atom. The number of carboxylic acids is 1. The SMILES string of the molecule is COCC(C)(CC(=O)O)NC(=O)c1cc(OC)c(Br)s1. The van der Waals surface area contributed by atoms with Crippen LogP contribution in [0.4, 0.5) is 0 Å². The first-order chi connectivity index (χ1) is 9.31. The van der Waals surface area contributed by atoms with Gasteiger partial charge in [-0.05, 0) is 22.9 Å². The number of hydrogen-bond donors (Lipinski definition) is 2. The van der Waals surface area contributed by atoms with E-state index in [0.29, 0.717) is 14.4 Å². The maximum Gasteiger partial charge on any atom is 0.305 e. The largest absolute Gasteiger partial charge is 0.495 e. The van der Waals surface area contributed by atoms with Crippen LogP contribution in [0.2, 0.25) is 0 Å². The standard InChI is InChI=1S/C12H16BrNO5S/c1-12(6-18-2,5-9(15)16)14-11(17)8-4-7(19-3)10(13)20-8/h4H,5-6H2,1-3H3,(H,14,17)(H,15,16). The van der Waals surface area contributed by atoms with Gasteiger partial charge in [-0.3, -0.25) is 9.59 Å². The molecule has 6 nitrogen and oxygen atoms in total. The van der Waals surface area contributed by atoms with Crippen molar-refractivity contribution in [2.75, 3.05) is 20.8 Å². The minimum Gasteiger partial charge on any atom is -0.495 e. The Balaban J connectivity index is 2.87. The molecule has 0 aliphatic rings. The Bertz CT molecular complexity index is 504. The molecule has 0 saturated carbocycles. The van der Waals surface area contributed by atoms with Gasteiger partial charge in [-0.2, -0.15) is 0 Å². The summed E-state index contributed by atoms with van der Waals surface area (Å²) in [6.07, 6.45) is -0.226. The van der Waals surface area contributed by atoms with Crippen LogP contribution in [0.15, 0.2) is 9.85 Å². The Morgan fingerprint density at radius 3 is 2.60 bits per heavy atom. The summed E-state index contributed by atoms with van der Waals surface area (Å²) >= 11 is 4.51. The molecule has 2 N–H and O–H groups in total. The molecule has 0 saturated heterocycles. The number of methoxy groups -OCH3 is 2. The zero-order valence-corrected chi connectivity index (χ0v) is 13.8. The van der Waals surface area contributed by atoms with Crippen LogP contribution in [-0.4, -0.2) is 43.3 Å². The van der Waals surface area contributed by atoms with Crippen molar-refractivity contribution in [3.05, 3.63) is 14.7 Å². The fourth-order valence-corrected chi connectivity index (χ4v) is 3.27. The lowest BCUT2D eigenvalue weighted by Gasteiger charge is -2.28. The van der Waals surface area contributed by atoms with Crippen molar-refractivity contribution in [1.82, 2.24) is 5.32 Å². The predicted molar refractivity (Wildman–Crippen MR) is 78.6 cm³/mol. The van der Waals surface area contributed by atoms with Crippen molar-refractivity contribution in [3.63, 3.8) is 0 Å². The zero-order chi connectivity index (χ0) is 15.3. The quantitative estimate of drug-likeness (QED) is 0.772. The minimum absolute atomic E-state index is 0.106. The Kier molecular flexibility index (Phi) is 5.97. The van der Waals surface area contributed by atoms with Gasteiger partial charge < -0.3 is 19.9 Å². The summed E-state index contributed by atoms with van der Waals surface area (Å²) in [5, 5.41) is 11.6. The van der Waals surface area contributed by atoms with Gasteiger partial charge in [0, 0.05) is 13.2 Å². The van der Waals surface area contributed by atoms with E-state index in [9.17, 15) is 9.59 Å². The van der Waals surface area contributed by atoms with E-state index in [1.54, 1.807) is 13.0 Å². The van der Waals surface area contributed by atoms with E-state index in [0.717, 1.165) is 0 Å². The van der Waals surface area contributed by atoms with Gasteiger partial charge in [-0.15, -0.1) is 11.3 Å². The number of thiophene rings is 1. The summed E-state index contributed by atoms with van der Waals surface area (Å²) in [5.74, 6) is -0.804. The van der Waals surface area contributed by atoms with E-state index in [2.05, 4.69) is 21.2 Å². The number of rotatable bonds is 7. The highest BCUT2D eigenvalue weighted by Crippen LogP contribution is 2.34. The van der Waals surface area contributed by atoms with Gasteiger partial charge in [-0.1, -0.05) is 0 Å². The van der Waals surface area contributed by atoms with Gasteiger partial charge in [-0.25, -0.2) is 0 Å². The molecular formula is C12H16BrNO5S. The summed E-state index contributed by atoms with van der Waals surface area (Å²) in [6.45, 7) is 1.73. The third-order valence-corrected chi connectivity index (χ3v) is 4.30. The fraction of sp³-hybridized carbons (Fsp3) is 0.500. The molecule has 1 aromatic rings. The van der Waals surface area contributed by atoms with E-state index < -0.39 is 11.5 Å². The maximum atomic E-state index is 12.2. The van der Waals surface area contributed by atoms with E-state index >= 15 is 0 Å². The third kappa shape index (κ3) is 4.46. The molecule has 0 aliphatic heterocycles. The molecule has 112 valence electrons. The molecule has 1 rings (SSSR count). The number of carbonyl (C=O) groups excluding carboxylic acids is 1. The van der Waals surface area contributed by atoms with Crippen LogP contribution in [-0.2, 0) is 9.53 Å². The smallest absolute Gasteiger partial charge is 0.305 e. The van der Waals surface area contributed by atoms with E-state index in [1.807, 2.05) is 0 Å². The molecule has 1 amide bonds. The molecule has 0 aromatic carbocycles. The van der Waals surface area contributed by atoms with Crippen molar-refractivity contribution in [2.45, 2.75) is 18.9 Å². The van der Waals surface area contributed by atoms with Gasteiger partial charge in [0.25, 0.3) is 5.91 Å². The Morgan fingerprint density at radius 2 is 2.15 bits per heavy atom. The fourth-order valence-electron chi connectivity index (χ4n) is 1.72. The molecule has 1 unspecified atom stereocenters. The third-order valence-electron chi connectivity index (χ3n) is 2.52. The number of nitrogens with one attached hydrogen (secondary N) is 1. The van der Waals surface area contributed by atoms with Crippen LogP contribution in [0.3, 0.4) is 0 Å². The molecule has 1 atom stereocenters. The van der Waals surface area contributed by atoms with Crippen LogP contribution in [0, 0.1) is 0 Å². The molecular weight excluding hydrogens is 350 g/mol. The molecule has 0 radical (unpaired) electrons. The molecule has 0 fully saturated rings. The topological polar surface area (TPSA) is 84.9 Å². The first-order valence-electron chi connectivity index (χ1n) is 5.68. The molecule has 0 spiro atoms. The number of hydrogen-bond acceptors (Lipinski definition) is 5. The van der Waals surface area contributed by atoms with Crippen molar-refractivity contribution >= 4 is 39.1 Å².